The minimum absolute atomic E-state index is 0.359. The number of methoxy groups -OCH3 is 1. The van der Waals surface area contributed by atoms with Crippen LogP contribution in [0, 0.1) is 0 Å². The zero-order chi connectivity index (χ0) is 30.7. The molecule has 3 aromatic rings. The average molecular weight is 691 g/mol. The summed E-state index contributed by atoms with van der Waals surface area (Å²) < 4.78 is 19.7. The van der Waals surface area contributed by atoms with E-state index in [-0.39, 0.29) is 0 Å². The highest BCUT2D eigenvalue weighted by Crippen LogP contribution is 2.40. The summed E-state index contributed by atoms with van der Waals surface area (Å²) in [7, 11) is 1.33. The third kappa shape index (κ3) is 7.66. The third-order valence-electron chi connectivity index (χ3n) is 8.42. The van der Waals surface area contributed by atoms with Crippen LogP contribution in [0.3, 0.4) is 0 Å². The topological polar surface area (TPSA) is 85.9 Å². The molecule has 2 N–H and O–H groups in total. The van der Waals surface area contributed by atoms with Crippen molar-refractivity contribution in [3.8, 4) is 5.75 Å². The number of benzene rings is 2. The lowest BCUT2D eigenvalue weighted by Gasteiger charge is -2.43. The molecular weight excluding hydrogens is 649 g/mol. The summed E-state index contributed by atoms with van der Waals surface area (Å²) >= 11 is 9.98. The second kappa shape index (κ2) is 13.7. The summed E-state index contributed by atoms with van der Waals surface area (Å²) in [6, 6.07) is 10.6. The van der Waals surface area contributed by atoms with E-state index in [2.05, 4.69) is 77.3 Å². The van der Waals surface area contributed by atoms with Gasteiger partial charge in [-0.25, -0.2) is 4.98 Å². The summed E-state index contributed by atoms with van der Waals surface area (Å²) in [5, 5.41) is 7.70. The molecule has 3 heterocycles. The number of piperazine rings is 1. The number of halogens is 2. The fourth-order valence-electron chi connectivity index (χ4n) is 5.94. The molecule has 2 fully saturated rings. The van der Waals surface area contributed by atoms with Crippen molar-refractivity contribution in [2.75, 3.05) is 82.3 Å². The average Bonchev–Trinajstić information content (AvgIpc) is 2.99. The fraction of sp³-hybridized carbons (Fsp3) is 0.484. The van der Waals surface area contributed by atoms with E-state index in [0.29, 0.717) is 33.8 Å². The van der Waals surface area contributed by atoms with E-state index in [1.54, 1.807) is 26.6 Å². The number of ether oxygens (including phenoxy) is 1. The van der Waals surface area contributed by atoms with E-state index < -0.39 is 7.14 Å². The van der Waals surface area contributed by atoms with Gasteiger partial charge in [0.15, 0.2) is 5.82 Å². The first-order chi connectivity index (χ1) is 20.5. The maximum atomic E-state index is 13.0. The van der Waals surface area contributed by atoms with E-state index >= 15 is 0 Å². The standard InChI is InChI=1S/C31H42BrClN7O2P/c1-6-21-17-26(28(42-3)19-27(21)40-11-9-23(10-12-40)39-15-13-38(2)14-16-39)36-31-34-20-24(33)30(37-31)35-25-8-7-22(32)18-29(25)43(4,5)41/h7-8,17-20,23H,6,9-16H2,1-5H3,(H2,34,35,36,37). The molecule has 9 nitrogen and oxygen atoms in total. The molecule has 1 aromatic heterocycles. The molecule has 2 aromatic carbocycles. The summed E-state index contributed by atoms with van der Waals surface area (Å²) in [6.45, 7) is 12.4. The van der Waals surface area contributed by atoms with Crippen molar-refractivity contribution < 1.29 is 9.30 Å². The van der Waals surface area contributed by atoms with E-state index in [9.17, 15) is 4.57 Å². The normalized spacial score (nSPS) is 17.2. The zero-order valence-corrected chi connectivity index (χ0v) is 28.9. The first-order valence-electron chi connectivity index (χ1n) is 14.9. The monoisotopic (exact) mass is 689 g/mol. The Hall–Kier alpha value is -2.36. The Bertz CT molecular complexity index is 1490. The number of nitrogens with zero attached hydrogens (tertiary/aromatic N) is 5. The molecule has 5 rings (SSSR count). The van der Waals surface area contributed by atoms with Crippen molar-refractivity contribution in [1.82, 2.24) is 19.8 Å². The van der Waals surface area contributed by atoms with Crippen molar-refractivity contribution in [1.29, 1.82) is 0 Å². The van der Waals surface area contributed by atoms with E-state index in [1.165, 1.54) is 37.2 Å². The second-order valence-corrected chi connectivity index (χ2v) is 16.3. The van der Waals surface area contributed by atoms with E-state index in [1.807, 2.05) is 18.2 Å². The lowest BCUT2D eigenvalue weighted by Crippen LogP contribution is -2.52. The number of aromatic nitrogens is 2. The van der Waals surface area contributed by atoms with Crippen LogP contribution in [-0.2, 0) is 11.0 Å². The highest BCUT2D eigenvalue weighted by atomic mass is 79.9. The molecule has 43 heavy (non-hydrogen) atoms. The maximum absolute atomic E-state index is 13.0. The van der Waals surface area contributed by atoms with Gasteiger partial charge in [-0.15, -0.1) is 0 Å². The summed E-state index contributed by atoms with van der Waals surface area (Å²) in [5.41, 5.74) is 3.96. The van der Waals surface area contributed by atoms with Gasteiger partial charge >= 0.3 is 0 Å². The van der Waals surface area contributed by atoms with Gasteiger partial charge in [-0.05, 0) is 69.5 Å². The van der Waals surface area contributed by atoms with Gasteiger partial charge in [0.2, 0.25) is 5.95 Å². The molecule has 0 atom stereocenters. The Morgan fingerprint density at radius 3 is 2.42 bits per heavy atom. The predicted octanol–water partition coefficient (Wildman–Crippen LogP) is 6.41. The Morgan fingerprint density at radius 2 is 1.77 bits per heavy atom. The van der Waals surface area contributed by atoms with Crippen LogP contribution in [0.25, 0.3) is 0 Å². The van der Waals surface area contributed by atoms with Crippen molar-refractivity contribution in [3.63, 3.8) is 0 Å². The Kier molecular flexibility index (Phi) is 10.2. The highest BCUT2D eigenvalue weighted by Gasteiger charge is 2.28. The largest absolute Gasteiger partial charge is 0.494 e. The van der Waals surface area contributed by atoms with Gasteiger partial charge in [-0.1, -0.05) is 34.5 Å². The van der Waals surface area contributed by atoms with Gasteiger partial charge in [-0.2, -0.15) is 4.98 Å². The van der Waals surface area contributed by atoms with Gasteiger partial charge < -0.3 is 29.7 Å². The first-order valence-corrected chi connectivity index (χ1v) is 18.6. The number of anilines is 5. The first kappa shape index (κ1) is 32.0. The van der Waals surface area contributed by atoms with E-state index in [4.69, 9.17) is 16.3 Å². The van der Waals surface area contributed by atoms with Gasteiger partial charge in [0, 0.05) is 66.8 Å². The summed E-state index contributed by atoms with van der Waals surface area (Å²) in [4.78, 5) is 16.7. The lowest BCUT2D eigenvalue weighted by molar-refractivity contribution is 0.0982. The Morgan fingerprint density at radius 1 is 1.05 bits per heavy atom. The molecule has 12 heteroatoms. The number of rotatable bonds is 9. The second-order valence-electron chi connectivity index (χ2n) is 11.7. The van der Waals surface area contributed by atoms with Crippen LogP contribution in [-0.4, -0.2) is 92.6 Å². The van der Waals surface area contributed by atoms with Gasteiger partial charge in [0.25, 0.3) is 0 Å². The highest BCUT2D eigenvalue weighted by molar-refractivity contribution is 9.10. The molecule has 0 spiro atoms. The smallest absolute Gasteiger partial charge is 0.229 e. The van der Waals surface area contributed by atoms with Crippen LogP contribution >= 0.6 is 34.7 Å². The molecule has 0 bridgehead atoms. The predicted molar refractivity (Wildman–Crippen MR) is 184 cm³/mol. The lowest BCUT2D eigenvalue weighted by atomic mass is 9.99. The number of likely N-dealkylation sites (N-methyl/N-ethyl adjacent to an activating group) is 1. The molecule has 0 aliphatic carbocycles. The maximum Gasteiger partial charge on any atom is 0.229 e. The van der Waals surface area contributed by atoms with Crippen LogP contribution in [0.2, 0.25) is 5.02 Å². The molecule has 0 radical (unpaired) electrons. The van der Waals surface area contributed by atoms with Crippen LogP contribution in [0.15, 0.2) is 41.0 Å². The summed E-state index contributed by atoms with van der Waals surface area (Å²) in [6.07, 6.45) is 4.80. The van der Waals surface area contributed by atoms with Gasteiger partial charge in [0.05, 0.1) is 24.7 Å². The molecule has 0 saturated carbocycles. The third-order valence-corrected chi connectivity index (χ3v) is 10.7. The van der Waals surface area contributed by atoms with E-state index in [0.717, 1.165) is 48.5 Å². The molecule has 2 saturated heterocycles. The fourth-order valence-corrected chi connectivity index (χ4v) is 7.77. The van der Waals surface area contributed by atoms with Crippen molar-refractivity contribution in [3.05, 3.63) is 51.6 Å². The number of piperidine rings is 1. The number of hydrogen-bond acceptors (Lipinski definition) is 9. The van der Waals surface area contributed by atoms with Gasteiger partial charge in [-0.3, -0.25) is 4.90 Å². The van der Waals surface area contributed by atoms with Crippen molar-refractivity contribution >= 4 is 68.8 Å². The van der Waals surface area contributed by atoms with Crippen LogP contribution in [0.4, 0.5) is 28.8 Å². The molecule has 2 aliphatic heterocycles. The Labute approximate surface area is 268 Å². The zero-order valence-electron chi connectivity index (χ0n) is 25.7. The minimum Gasteiger partial charge on any atom is -0.494 e. The molecule has 0 amide bonds. The van der Waals surface area contributed by atoms with Crippen LogP contribution < -0.4 is 25.6 Å². The van der Waals surface area contributed by atoms with Crippen LogP contribution in [0.1, 0.15) is 25.3 Å². The molecule has 2 aliphatic rings. The number of aryl methyl sites for hydroxylation is 1. The number of nitrogens with one attached hydrogen (secondary N) is 2. The van der Waals surface area contributed by atoms with Crippen LogP contribution in [0.5, 0.6) is 5.75 Å². The van der Waals surface area contributed by atoms with Gasteiger partial charge in [0.1, 0.15) is 17.9 Å². The SMILES string of the molecule is CCc1cc(Nc2ncc(Cl)c(Nc3ccc(Br)cc3P(C)(C)=O)n2)c(OC)cc1N1CCC(N2CCN(C)CC2)CC1. The number of hydrogen-bond donors (Lipinski definition) is 2. The van der Waals surface area contributed by atoms with Crippen molar-refractivity contribution in [2.24, 2.45) is 0 Å². The molecular formula is C31H42BrClN7O2P. The quantitative estimate of drug-likeness (QED) is 0.247. The molecule has 0 unspecified atom stereocenters. The van der Waals surface area contributed by atoms with Crippen molar-refractivity contribution in [2.45, 2.75) is 32.2 Å². The minimum atomic E-state index is -2.57. The molecule has 232 valence electrons. The Balaban J connectivity index is 1.34. The summed E-state index contributed by atoms with van der Waals surface area (Å²) in [5.74, 6) is 1.53.